The molecule has 0 aliphatic carbocycles. The second-order valence-corrected chi connectivity index (χ2v) is 6.40. The fourth-order valence-electron chi connectivity index (χ4n) is 2.73. The Morgan fingerprint density at radius 1 is 1.24 bits per heavy atom. The van der Waals surface area contributed by atoms with Gasteiger partial charge in [0.1, 0.15) is 5.75 Å². The molecule has 136 valence electrons. The zero-order valence-corrected chi connectivity index (χ0v) is 14.9. The van der Waals surface area contributed by atoms with E-state index < -0.39 is 0 Å². The lowest BCUT2D eigenvalue weighted by atomic mass is 10.2. The van der Waals surface area contributed by atoms with Gasteiger partial charge < -0.3 is 20.3 Å². The maximum absolute atomic E-state index is 12.0. The Hall–Kier alpha value is -2.57. The molecule has 1 aromatic carbocycles. The summed E-state index contributed by atoms with van der Waals surface area (Å²) in [5.41, 5.74) is 0.461. The summed E-state index contributed by atoms with van der Waals surface area (Å²) in [7, 11) is 1.55. The fourth-order valence-corrected chi connectivity index (χ4v) is 2.73. The quantitative estimate of drug-likeness (QED) is 0.797. The Bertz CT molecular complexity index is 628. The van der Waals surface area contributed by atoms with Gasteiger partial charge in [-0.15, -0.1) is 0 Å². The normalized spacial score (nSPS) is 16.6. The van der Waals surface area contributed by atoms with Crippen LogP contribution in [0.2, 0.25) is 0 Å². The van der Waals surface area contributed by atoms with E-state index in [1.165, 1.54) is 0 Å². The number of methoxy groups -OCH3 is 1. The molecule has 0 saturated carbocycles. The van der Waals surface area contributed by atoms with Crippen molar-refractivity contribution in [1.82, 2.24) is 15.5 Å². The van der Waals surface area contributed by atoms with Crippen LogP contribution >= 0.6 is 0 Å². The number of ether oxygens (including phenoxy) is 1. The van der Waals surface area contributed by atoms with Gasteiger partial charge in [0.25, 0.3) is 5.91 Å². The second-order valence-electron chi connectivity index (χ2n) is 6.40. The number of nitrogens with one attached hydrogen (secondary N) is 2. The van der Waals surface area contributed by atoms with Gasteiger partial charge in [0.05, 0.1) is 13.7 Å². The highest BCUT2D eigenvalue weighted by molar-refractivity contribution is 5.96. The number of carbonyl (C=O) groups excluding carboxylic acids is 3. The van der Waals surface area contributed by atoms with Crippen molar-refractivity contribution in [3.05, 3.63) is 29.8 Å². The van der Waals surface area contributed by atoms with Gasteiger partial charge in [-0.25, -0.2) is 0 Å². The maximum Gasteiger partial charge on any atom is 0.251 e. The molecule has 2 rings (SSSR count). The van der Waals surface area contributed by atoms with E-state index in [2.05, 4.69) is 10.6 Å². The molecule has 7 nitrogen and oxygen atoms in total. The Morgan fingerprint density at radius 2 is 1.92 bits per heavy atom. The molecule has 1 fully saturated rings. The molecule has 0 radical (unpaired) electrons. The van der Waals surface area contributed by atoms with Crippen molar-refractivity contribution in [2.24, 2.45) is 5.92 Å². The molecule has 0 unspecified atom stereocenters. The first-order valence-corrected chi connectivity index (χ1v) is 8.41. The van der Waals surface area contributed by atoms with Gasteiger partial charge in [0.2, 0.25) is 11.8 Å². The lowest BCUT2D eigenvalue weighted by Gasteiger charge is -2.19. The summed E-state index contributed by atoms with van der Waals surface area (Å²) in [6.45, 7) is 4.81. The number of carbonyl (C=O) groups is 3. The molecular formula is C18H25N3O4. The number of amides is 3. The molecule has 1 aliphatic heterocycles. The van der Waals surface area contributed by atoms with Crippen LogP contribution in [0, 0.1) is 5.92 Å². The van der Waals surface area contributed by atoms with Gasteiger partial charge in [-0.05, 0) is 30.7 Å². The minimum atomic E-state index is -0.319. The fraction of sp³-hybridized carbons (Fsp3) is 0.500. The van der Waals surface area contributed by atoms with Gasteiger partial charge in [0, 0.05) is 30.6 Å². The first-order valence-electron chi connectivity index (χ1n) is 8.41. The Kier molecular flexibility index (Phi) is 6.38. The summed E-state index contributed by atoms with van der Waals surface area (Å²) in [5.74, 6) is 0.144. The van der Waals surface area contributed by atoms with Crippen molar-refractivity contribution in [3.63, 3.8) is 0 Å². The first kappa shape index (κ1) is 18.8. The highest BCUT2D eigenvalue weighted by atomic mass is 16.5. The van der Waals surface area contributed by atoms with Crippen LogP contribution in [0.25, 0.3) is 0 Å². The van der Waals surface area contributed by atoms with Crippen molar-refractivity contribution in [3.8, 4) is 5.75 Å². The van der Waals surface area contributed by atoms with Crippen LogP contribution < -0.4 is 15.4 Å². The van der Waals surface area contributed by atoms with Crippen molar-refractivity contribution in [2.75, 3.05) is 26.7 Å². The predicted octanol–water partition coefficient (Wildman–Crippen LogP) is 0.798. The van der Waals surface area contributed by atoms with Crippen molar-refractivity contribution in [2.45, 2.75) is 26.3 Å². The number of likely N-dealkylation sites (tertiary alicyclic amines) is 1. The predicted molar refractivity (Wildman–Crippen MR) is 93.3 cm³/mol. The molecule has 0 spiro atoms. The van der Waals surface area contributed by atoms with Gasteiger partial charge >= 0.3 is 0 Å². The van der Waals surface area contributed by atoms with E-state index in [9.17, 15) is 14.4 Å². The number of benzene rings is 1. The van der Waals surface area contributed by atoms with Gasteiger partial charge in [-0.2, -0.15) is 0 Å². The van der Waals surface area contributed by atoms with E-state index in [1.54, 1.807) is 36.3 Å². The molecule has 1 aliphatic rings. The van der Waals surface area contributed by atoms with Crippen LogP contribution in [-0.2, 0) is 9.59 Å². The monoisotopic (exact) mass is 347 g/mol. The third kappa shape index (κ3) is 5.20. The van der Waals surface area contributed by atoms with E-state index in [-0.39, 0.29) is 36.2 Å². The van der Waals surface area contributed by atoms with Gasteiger partial charge in [-0.3, -0.25) is 14.4 Å². The van der Waals surface area contributed by atoms with E-state index in [1.807, 2.05) is 13.8 Å². The summed E-state index contributed by atoms with van der Waals surface area (Å²) < 4.78 is 5.04. The lowest BCUT2D eigenvalue weighted by Crippen LogP contribution is -2.43. The first-order chi connectivity index (χ1) is 11.9. The highest BCUT2D eigenvalue weighted by Gasteiger charge is 2.28. The molecule has 0 aromatic heterocycles. The third-order valence-corrected chi connectivity index (χ3v) is 4.12. The number of rotatable bonds is 6. The Balaban J connectivity index is 1.75. The largest absolute Gasteiger partial charge is 0.497 e. The van der Waals surface area contributed by atoms with Crippen molar-refractivity contribution in [1.29, 1.82) is 0 Å². The number of hydrogen-bond donors (Lipinski definition) is 2. The minimum absolute atomic E-state index is 0.0433. The van der Waals surface area contributed by atoms with E-state index in [4.69, 9.17) is 4.74 Å². The average molecular weight is 347 g/mol. The van der Waals surface area contributed by atoms with Gasteiger partial charge in [-0.1, -0.05) is 13.8 Å². The second kappa shape index (κ2) is 8.50. The van der Waals surface area contributed by atoms with Crippen molar-refractivity contribution < 1.29 is 19.1 Å². The summed E-state index contributed by atoms with van der Waals surface area (Å²) in [6, 6.07) is 6.59. The lowest BCUT2D eigenvalue weighted by molar-refractivity contribution is -0.133. The Morgan fingerprint density at radius 3 is 2.52 bits per heavy atom. The van der Waals surface area contributed by atoms with E-state index in [0.717, 1.165) is 6.42 Å². The van der Waals surface area contributed by atoms with Gasteiger partial charge in [0.15, 0.2) is 0 Å². The van der Waals surface area contributed by atoms with E-state index in [0.29, 0.717) is 24.4 Å². The topological polar surface area (TPSA) is 87.7 Å². The molecule has 1 heterocycles. The molecule has 7 heteroatoms. The zero-order chi connectivity index (χ0) is 18.4. The molecule has 1 atom stereocenters. The molecule has 0 bridgehead atoms. The molecular weight excluding hydrogens is 322 g/mol. The summed E-state index contributed by atoms with van der Waals surface area (Å²) in [5, 5.41) is 5.45. The van der Waals surface area contributed by atoms with Crippen molar-refractivity contribution >= 4 is 17.7 Å². The van der Waals surface area contributed by atoms with E-state index >= 15 is 0 Å². The van der Waals surface area contributed by atoms with Crippen LogP contribution in [0.4, 0.5) is 0 Å². The highest BCUT2D eigenvalue weighted by Crippen LogP contribution is 2.13. The molecule has 1 saturated heterocycles. The van der Waals surface area contributed by atoms with Crippen LogP contribution in [-0.4, -0.2) is 55.4 Å². The minimum Gasteiger partial charge on any atom is -0.497 e. The van der Waals surface area contributed by atoms with Crippen LogP contribution in [0.5, 0.6) is 5.75 Å². The van der Waals surface area contributed by atoms with Crippen LogP contribution in [0.1, 0.15) is 30.6 Å². The zero-order valence-electron chi connectivity index (χ0n) is 14.9. The summed E-state index contributed by atoms with van der Waals surface area (Å²) in [6.07, 6.45) is 0.733. The third-order valence-electron chi connectivity index (χ3n) is 4.12. The molecule has 2 N–H and O–H groups in total. The average Bonchev–Trinajstić information content (AvgIpc) is 3.07. The van der Waals surface area contributed by atoms with Crippen LogP contribution in [0.3, 0.4) is 0 Å². The standard InChI is InChI=1S/C18H25N3O4/c1-12(2)18(24)21-9-8-14(11-21)20-16(22)10-19-17(23)13-4-6-15(25-3)7-5-13/h4-7,12,14H,8-11H2,1-3H3,(H,19,23)(H,20,22)/t14-/m1/s1. The summed E-state index contributed by atoms with van der Waals surface area (Å²) >= 11 is 0. The molecule has 25 heavy (non-hydrogen) atoms. The van der Waals surface area contributed by atoms with Crippen LogP contribution in [0.15, 0.2) is 24.3 Å². The Labute approximate surface area is 147 Å². The molecule has 1 aromatic rings. The maximum atomic E-state index is 12.0. The summed E-state index contributed by atoms with van der Waals surface area (Å²) in [4.78, 5) is 37.7. The number of nitrogens with zero attached hydrogens (tertiary/aromatic N) is 1. The number of hydrogen-bond acceptors (Lipinski definition) is 4. The SMILES string of the molecule is COc1ccc(C(=O)NCC(=O)N[C@@H]2CCN(C(=O)C(C)C)C2)cc1. The smallest absolute Gasteiger partial charge is 0.251 e. The molecule has 3 amide bonds.